The minimum Gasteiger partial charge on any atom is -0.497 e. The summed E-state index contributed by atoms with van der Waals surface area (Å²) in [6.07, 6.45) is 0. The molecular formula is C16H15NO3. The van der Waals surface area contributed by atoms with Gasteiger partial charge in [0.05, 0.1) is 33.0 Å². The number of benzene rings is 2. The van der Waals surface area contributed by atoms with Crippen LogP contribution >= 0.6 is 0 Å². The maximum absolute atomic E-state index is 9.08. The standard InChI is InChI=1S/C16H15NO3/c1-18-13-4-5-15(16(9-13)20-3)12-6-11(10-17)7-14(8-12)19-2/h4-9H,1-3H3. The number of methoxy groups -OCH3 is 3. The Labute approximate surface area is 118 Å². The molecule has 102 valence electrons. The molecule has 0 aliphatic heterocycles. The fourth-order valence-corrected chi connectivity index (χ4v) is 1.97. The van der Waals surface area contributed by atoms with E-state index in [0.29, 0.717) is 22.8 Å². The number of hydrogen-bond donors (Lipinski definition) is 0. The lowest BCUT2D eigenvalue weighted by atomic mass is 10.0. The zero-order chi connectivity index (χ0) is 14.5. The van der Waals surface area contributed by atoms with E-state index in [9.17, 15) is 0 Å². The summed E-state index contributed by atoms with van der Waals surface area (Å²) >= 11 is 0. The monoisotopic (exact) mass is 269 g/mol. The highest BCUT2D eigenvalue weighted by molar-refractivity contribution is 5.74. The van der Waals surface area contributed by atoms with Crippen molar-refractivity contribution < 1.29 is 14.2 Å². The molecule has 0 aliphatic carbocycles. The van der Waals surface area contributed by atoms with Crippen molar-refractivity contribution in [2.24, 2.45) is 0 Å². The van der Waals surface area contributed by atoms with Crippen molar-refractivity contribution in [3.8, 4) is 34.4 Å². The van der Waals surface area contributed by atoms with Gasteiger partial charge in [0, 0.05) is 11.6 Å². The molecule has 0 bridgehead atoms. The van der Waals surface area contributed by atoms with Gasteiger partial charge in [0.25, 0.3) is 0 Å². The Bertz CT molecular complexity index is 659. The van der Waals surface area contributed by atoms with E-state index in [1.807, 2.05) is 18.2 Å². The van der Waals surface area contributed by atoms with Crippen LogP contribution in [0.25, 0.3) is 11.1 Å². The normalized spacial score (nSPS) is 9.70. The third-order valence-corrected chi connectivity index (χ3v) is 2.99. The summed E-state index contributed by atoms with van der Waals surface area (Å²) in [7, 11) is 4.78. The number of nitrogens with zero attached hydrogens (tertiary/aromatic N) is 1. The molecular weight excluding hydrogens is 254 g/mol. The van der Waals surface area contributed by atoms with Gasteiger partial charge in [-0.05, 0) is 35.9 Å². The van der Waals surface area contributed by atoms with E-state index < -0.39 is 0 Å². The van der Waals surface area contributed by atoms with E-state index in [-0.39, 0.29) is 0 Å². The van der Waals surface area contributed by atoms with Crippen molar-refractivity contribution in [1.29, 1.82) is 5.26 Å². The molecule has 0 amide bonds. The van der Waals surface area contributed by atoms with Crippen LogP contribution in [0.3, 0.4) is 0 Å². The molecule has 0 spiro atoms. The molecule has 0 heterocycles. The van der Waals surface area contributed by atoms with Gasteiger partial charge in [0.2, 0.25) is 0 Å². The second-order valence-electron chi connectivity index (χ2n) is 4.13. The van der Waals surface area contributed by atoms with E-state index >= 15 is 0 Å². The highest BCUT2D eigenvalue weighted by Gasteiger charge is 2.10. The summed E-state index contributed by atoms with van der Waals surface area (Å²) in [6, 6.07) is 13.0. The van der Waals surface area contributed by atoms with Gasteiger partial charge < -0.3 is 14.2 Å². The van der Waals surface area contributed by atoms with Gasteiger partial charge in [-0.1, -0.05) is 0 Å². The quantitative estimate of drug-likeness (QED) is 0.855. The molecule has 2 rings (SSSR count). The van der Waals surface area contributed by atoms with E-state index in [0.717, 1.165) is 11.1 Å². The van der Waals surface area contributed by atoms with E-state index in [2.05, 4.69) is 6.07 Å². The number of ether oxygens (including phenoxy) is 3. The average molecular weight is 269 g/mol. The summed E-state index contributed by atoms with van der Waals surface area (Å²) in [6.45, 7) is 0. The molecule has 4 heteroatoms. The molecule has 2 aromatic carbocycles. The molecule has 0 aliphatic rings. The summed E-state index contributed by atoms with van der Waals surface area (Å²) in [5.74, 6) is 2.03. The predicted octanol–water partition coefficient (Wildman–Crippen LogP) is 3.25. The molecule has 0 saturated carbocycles. The summed E-state index contributed by atoms with van der Waals surface area (Å²) in [5.41, 5.74) is 2.28. The maximum atomic E-state index is 9.08. The van der Waals surface area contributed by atoms with Crippen LogP contribution in [-0.4, -0.2) is 21.3 Å². The zero-order valence-corrected chi connectivity index (χ0v) is 11.6. The second-order valence-corrected chi connectivity index (χ2v) is 4.13. The van der Waals surface area contributed by atoms with Crippen LogP contribution in [0, 0.1) is 11.3 Å². The first-order valence-electron chi connectivity index (χ1n) is 6.03. The molecule has 4 nitrogen and oxygen atoms in total. The van der Waals surface area contributed by atoms with Gasteiger partial charge in [-0.2, -0.15) is 5.26 Å². The largest absolute Gasteiger partial charge is 0.497 e. The third kappa shape index (κ3) is 2.67. The average Bonchev–Trinajstić information content (AvgIpc) is 2.53. The van der Waals surface area contributed by atoms with Gasteiger partial charge in [-0.25, -0.2) is 0 Å². The topological polar surface area (TPSA) is 51.5 Å². The number of nitriles is 1. The van der Waals surface area contributed by atoms with Crippen molar-refractivity contribution in [1.82, 2.24) is 0 Å². The Hall–Kier alpha value is -2.67. The van der Waals surface area contributed by atoms with Crippen LogP contribution in [0.2, 0.25) is 0 Å². The van der Waals surface area contributed by atoms with Crippen molar-refractivity contribution >= 4 is 0 Å². The number of rotatable bonds is 4. The summed E-state index contributed by atoms with van der Waals surface area (Å²) in [5, 5.41) is 9.08. The summed E-state index contributed by atoms with van der Waals surface area (Å²) in [4.78, 5) is 0. The van der Waals surface area contributed by atoms with Gasteiger partial charge in [0.15, 0.2) is 0 Å². The lowest BCUT2D eigenvalue weighted by Gasteiger charge is -2.12. The first-order valence-corrected chi connectivity index (χ1v) is 6.03. The highest BCUT2D eigenvalue weighted by atomic mass is 16.5. The van der Waals surface area contributed by atoms with Crippen LogP contribution in [0.4, 0.5) is 0 Å². The molecule has 0 N–H and O–H groups in total. The third-order valence-electron chi connectivity index (χ3n) is 2.99. The van der Waals surface area contributed by atoms with Crippen LogP contribution in [-0.2, 0) is 0 Å². The van der Waals surface area contributed by atoms with Crippen LogP contribution in [0.15, 0.2) is 36.4 Å². The Morgan fingerprint density at radius 1 is 0.850 bits per heavy atom. The van der Waals surface area contributed by atoms with Crippen molar-refractivity contribution in [3.05, 3.63) is 42.0 Å². The molecule has 0 radical (unpaired) electrons. The first-order chi connectivity index (χ1) is 9.71. The Kier molecular flexibility index (Phi) is 4.11. The molecule has 20 heavy (non-hydrogen) atoms. The van der Waals surface area contributed by atoms with E-state index in [1.165, 1.54) is 0 Å². The fourth-order valence-electron chi connectivity index (χ4n) is 1.97. The fraction of sp³-hybridized carbons (Fsp3) is 0.188. The minimum atomic E-state index is 0.539. The lowest BCUT2D eigenvalue weighted by molar-refractivity contribution is 0.395. The minimum absolute atomic E-state index is 0.539. The number of hydrogen-bond acceptors (Lipinski definition) is 4. The SMILES string of the molecule is COc1cc(C#N)cc(-c2ccc(OC)cc2OC)c1. The van der Waals surface area contributed by atoms with Gasteiger partial charge in [-0.3, -0.25) is 0 Å². The first kappa shape index (κ1) is 13.8. The van der Waals surface area contributed by atoms with Crippen molar-refractivity contribution in [3.63, 3.8) is 0 Å². The Morgan fingerprint density at radius 2 is 1.60 bits per heavy atom. The van der Waals surface area contributed by atoms with Gasteiger partial charge in [0.1, 0.15) is 17.2 Å². The molecule has 0 atom stereocenters. The Morgan fingerprint density at radius 3 is 2.20 bits per heavy atom. The van der Waals surface area contributed by atoms with Crippen LogP contribution in [0.5, 0.6) is 17.2 Å². The molecule has 2 aromatic rings. The zero-order valence-electron chi connectivity index (χ0n) is 11.6. The van der Waals surface area contributed by atoms with Crippen LogP contribution < -0.4 is 14.2 Å². The smallest absolute Gasteiger partial charge is 0.130 e. The van der Waals surface area contributed by atoms with E-state index in [1.54, 1.807) is 39.5 Å². The van der Waals surface area contributed by atoms with Gasteiger partial charge in [-0.15, -0.1) is 0 Å². The van der Waals surface area contributed by atoms with E-state index in [4.69, 9.17) is 19.5 Å². The molecule has 0 fully saturated rings. The van der Waals surface area contributed by atoms with Crippen LogP contribution in [0.1, 0.15) is 5.56 Å². The maximum Gasteiger partial charge on any atom is 0.130 e. The second kappa shape index (κ2) is 5.98. The van der Waals surface area contributed by atoms with Gasteiger partial charge >= 0.3 is 0 Å². The lowest BCUT2D eigenvalue weighted by Crippen LogP contribution is -1.92. The van der Waals surface area contributed by atoms with Crippen molar-refractivity contribution in [2.75, 3.05) is 21.3 Å². The highest BCUT2D eigenvalue weighted by Crippen LogP contribution is 2.35. The molecule has 0 unspecified atom stereocenters. The predicted molar refractivity (Wildman–Crippen MR) is 76.2 cm³/mol. The Balaban J connectivity index is 2.58. The summed E-state index contributed by atoms with van der Waals surface area (Å²) < 4.78 is 15.8. The molecule has 0 saturated heterocycles. The molecule has 0 aromatic heterocycles. The van der Waals surface area contributed by atoms with Crippen molar-refractivity contribution in [2.45, 2.75) is 0 Å².